The summed E-state index contributed by atoms with van der Waals surface area (Å²) in [6.45, 7) is 0. The number of hydrogen-bond donors (Lipinski definition) is 1. The maximum Gasteiger partial charge on any atom is 0.257 e. The van der Waals surface area contributed by atoms with Crippen LogP contribution >= 0.6 is 0 Å². The van der Waals surface area contributed by atoms with Crippen LogP contribution < -0.4 is 5.73 Å². The molecule has 0 aromatic heterocycles. The molecule has 1 atom stereocenters. The first-order valence-corrected chi connectivity index (χ1v) is 12.9. The van der Waals surface area contributed by atoms with Crippen molar-refractivity contribution < 1.29 is 4.79 Å². The quantitative estimate of drug-likeness (QED) is 0.560. The van der Waals surface area contributed by atoms with Gasteiger partial charge in [-0.05, 0) is 43.9 Å². The molecule has 0 bridgehead atoms. The lowest BCUT2D eigenvalue weighted by Crippen LogP contribution is -2.50. The van der Waals surface area contributed by atoms with Gasteiger partial charge in [0.1, 0.15) is 5.54 Å². The van der Waals surface area contributed by atoms with Crippen LogP contribution in [0.5, 0.6) is 0 Å². The van der Waals surface area contributed by atoms with Gasteiger partial charge in [0, 0.05) is 6.04 Å². The molecule has 3 saturated carbocycles. The minimum atomic E-state index is -0.546. The second-order valence-electron chi connectivity index (χ2n) is 10.6. The van der Waals surface area contributed by atoms with Crippen LogP contribution in [0.3, 0.4) is 0 Å². The van der Waals surface area contributed by atoms with Crippen molar-refractivity contribution in [2.45, 2.75) is 134 Å². The largest absolute Gasteiger partial charge is 0.369 e. The van der Waals surface area contributed by atoms with E-state index in [9.17, 15) is 4.79 Å². The third-order valence-corrected chi connectivity index (χ3v) is 8.42. The molecule has 4 heteroatoms. The van der Waals surface area contributed by atoms with Crippen LogP contribution in [0, 0.1) is 11.8 Å². The maximum atomic E-state index is 13.9. The summed E-state index contributed by atoms with van der Waals surface area (Å²) in [5.74, 6) is 2.26. The number of guanidine groups is 1. The zero-order chi connectivity index (χ0) is 20.1. The third kappa shape index (κ3) is 4.99. The van der Waals surface area contributed by atoms with Crippen molar-refractivity contribution in [2.75, 3.05) is 0 Å². The van der Waals surface area contributed by atoms with Crippen molar-refractivity contribution in [3.8, 4) is 0 Å². The molecule has 3 fully saturated rings. The highest BCUT2D eigenvalue weighted by Crippen LogP contribution is 2.42. The summed E-state index contributed by atoms with van der Waals surface area (Å²) in [5, 5.41) is 0. The van der Waals surface area contributed by atoms with E-state index in [1.165, 1.54) is 89.9 Å². The zero-order valence-corrected chi connectivity index (χ0v) is 18.5. The van der Waals surface area contributed by atoms with E-state index in [2.05, 4.69) is 0 Å². The number of amides is 1. The van der Waals surface area contributed by atoms with E-state index in [1.807, 2.05) is 4.90 Å². The van der Waals surface area contributed by atoms with Crippen molar-refractivity contribution in [1.82, 2.24) is 4.90 Å². The van der Waals surface area contributed by atoms with E-state index in [1.54, 1.807) is 0 Å². The van der Waals surface area contributed by atoms with E-state index >= 15 is 0 Å². The summed E-state index contributed by atoms with van der Waals surface area (Å²) >= 11 is 0. The molecule has 0 spiro atoms. The van der Waals surface area contributed by atoms with Crippen LogP contribution in [-0.4, -0.2) is 28.3 Å². The van der Waals surface area contributed by atoms with Crippen molar-refractivity contribution in [2.24, 2.45) is 22.6 Å². The standard InChI is InChI=1S/C25H43N3O/c26-24-27-25(19-21-13-7-4-8-14-21,18-17-20-11-5-3-6-12-20)23(29)28(24)22-15-9-1-2-10-16-22/h20-22H,1-19H2,(H2,26,27)/t25-/m1/s1. The highest BCUT2D eigenvalue weighted by molar-refractivity contribution is 6.07. The summed E-state index contributed by atoms with van der Waals surface area (Å²) in [5.41, 5.74) is 5.95. The van der Waals surface area contributed by atoms with Crippen LogP contribution in [-0.2, 0) is 4.79 Å². The third-order valence-electron chi connectivity index (χ3n) is 8.42. The summed E-state index contributed by atoms with van der Waals surface area (Å²) in [7, 11) is 0. The Kier molecular flexibility index (Phi) is 7.18. The molecule has 4 aliphatic rings. The Hall–Kier alpha value is -1.06. The fourth-order valence-corrected chi connectivity index (χ4v) is 6.70. The fraction of sp³-hybridized carbons (Fsp3) is 0.920. The Bertz CT molecular complexity index is 569. The van der Waals surface area contributed by atoms with E-state index in [0.29, 0.717) is 11.9 Å². The number of carbonyl (C=O) groups is 1. The minimum absolute atomic E-state index is 0.267. The average molecular weight is 402 g/mol. The second-order valence-corrected chi connectivity index (χ2v) is 10.6. The normalized spacial score (nSPS) is 31.1. The Labute approximate surface area is 178 Å². The molecule has 0 aromatic rings. The van der Waals surface area contributed by atoms with Gasteiger partial charge in [-0.25, -0.2) is 4.99 Å². The van der Waals surface area contributed by atoms with Gasteiger partial charge < -0.3 is 5.73 Å². The number of nitrogens with zero attached hydrogens (tertiary/aromatic N) is 2. The SMILES string of the molecule is NC1=N[C@](CCC2CCCCC2)(CC2CCCCC2)C(=O)N1C1CCCCCC1. The second kappa shape index (κ2) is 9.83. The predicted molar refractivity (Wildman–Crippen MR) is 120 cm³/mol. The zero-order valence-electron chi connectivity index (χ0n) is 18.5. The Balaban J connectivity index is 1.51. The van der Waals surface area contributed by atoms with Crippen LogP contribution in [0.4, 0.5) is 0 Å². The molecular weight excluding hydrogens is 358 g/mol. The molecule has 0 saturated heterocycles. The topological polar surface area (TPSA) is 58.7 Å². The van der Waals surface area contributed by atoms with Gasteiger partial charge in [0.15, 0.2) is 5.96 Å². The molecule has 29 heavy (non-hydrogen) atoms. The molecule has 0 aromatic carbocycles. The van der Waals surface area contributed by atoms with Gasteiger partial charge in [0.25, 0.3) is 5.91 Å². The highest BCUT2D eigenvalue weighted by Gasteiger charge is 2.50. The van der Waals surface area contributed by atoms with Gasteiger partial charge in [-0.2, -0.15) is 0 Å². The molecular formula is C25H43N3O. The number of nitrogens with two attached hydrogens (primary N) is 1. The van der Waals surface area contributed by atoms with Crippen LogP contribution in [0.2, 0.25) is 0 Å². The fourth-order valence-electron chi connectivity index (χ4n) is 6.70. The molecule has 0 unspecified atom stereocenters. The van der Waals surface area contributed by atoms with Crippen LogP contribution in [0.15, 0.2) is 4.99 Å². The maximum absolute atomic E-state index is 13.9. The summed E-state index contributed by atoms with van der Waals surface area (Å²) in [6, 6.07) is 0.289. The van der Waals surface area contributed by atoms with Gasteiger partial charge in [0.2, 0.25) is 0 Å². The molecule has 2 N–H and O–H groups in total. The lowest BCUT2D eigenvalue weighted by atomic mass is 9.75. The van der Waals surface area contributed by atoms with E-state index in [0.717, 1.165) is 38.0 Å². The molecule has 4 nitrogen and oxygen atoms in total. The van der Waals surface area contributed by atoms with E-state index in [-0.39, 0.29) is 11.9 Å². The summed E-state index contributed by atoms with van der Waals surface area (Å²) < 4.78 is 0. The van der Waals surface area contributed by atoms with Gasteiger partial charge in [-0.15, -0.1) is 0 Å². The van der Waals surface area contributed by atoms with Crippen molar-refractivity contribution in [3.05, 3.63) is 0 Å². The average Bonchev–Trinajstić information content (AvgIpc) is 2.91. The predicted octanol–water partition coefficient (Wildman–Crippen LogP) is 5.94. The van der Waals surface area contributed by atoms with Crippen molar-refractivity contribution in [1.29, 1.82) is 0 Å². The number of hydrogen-bond acceptors (Lipinski definition) is 3. The summed E-state index contributed by atoms with van der Waals surface area (Å²) in [4.78, 5) is 20.9. The van der Waals surface area contributed by atoms with Gasteiger partial charge in [-0.1, -0.05) is 89.9 Å². The van der Waals surface area contributed by atoms with Crippen LogP contribution in [0.25, 0.3) is 0 Å². The molecule has 164 valence electrons. The number of aliphatic imine (C=N–C) groups is 1. The molecule has 1 heterocycles. The smallest absolute Gasteiger partial charge is 0.257 e. The van der Waals surface area contributed by atoms with Gasteiger partial charge in [0.05, 0.1) is 0 Å². The first-order chi connectivity index (χ1) is 14.2. The first-order valence-electron chi connectivity index (χ1n) is 12.9. The lowest BCUT2D eigenvalue weighted by molar-refractivity contribution is -0.134. The Morgan fingerprint density at radius 1 is 0.793 bits per heavy atom. The Morgan fingerprint density at radius 2 is 1.31 bits per heavy atom. The van der Waals surface area contributed by atoms with Crippen molar-refractivity contribution >= 4 is 11.9 Å². The molecule has 3 aliphatic carbocycles. The van der Waals surface area contributed by atoms with Crippen LogP contribution in [0.1, 0.15) is 122 Å². The molecule has 4 rings (SSSR count). The Morgan fingerprint density at radius 3 is 1.93 bits per heavy atom. The monoisotopic (exact) mass is 401 g/mol. The molecule has 0 radical (unpaired) electrons. The number of carbonyl (C=O) groups excluding carboxylic acids is 1. The van der Waals surface area contributed by atoms with Gasteiger partial charge >= 0.3 is 0 Å². The number of rotatable bonds is 6. The highest BCUT2D eigenvalue weighted by atomic mass is 16.2. The molecule has 1 aliphatic heterocycles. The lowest BCUT2D eigenvalue weighted by Gasteiger charge is -2.35. The summed E-state index contributed by atoms with van der Waals surface area (Å²) in [6.07, 6.45) is 23.7. The van der Waals surface area contributed by atoms with E-state index < -0.39 is 5.54 Å². The first kappa shape index (κ1) is 21.2. The van der Waals surface area contributed by atoms with Gasteiger partial charge in [-0.3, -0.25) is 9.69 Å². The van der Waals surface area contributed by atoms with Crippen molar-refractivity contribution in [3.63, 3.8) is 0 Å². The van der Waals surface area contributed by atoms with E-state index in [4.69, 9.17) is 10.7 Å². The minimum Gasteiger partial charge on any atom is -0.369 e. The molecule has 1 amide bonds.